The zero-order valence-corrected chi connectivity index (χ0v) is 14.0. The summed E-state index contributed by atoms with van der Waals surface area (Å²) in [6, 6.07) is 2.07. The molecule has 8 heteroatoms. The van der Waals surface area contributed by atoms with Crippen molar-refractivity contribution in [3.05, 3.63) is 17.5 Å². The first-order chi connectivity index (χ1) is 11.6. The molecule has 3 heterocycles. The van der Waals surface area contributed by atoms with Gasteiger partial charge in [-0.1, -0.05) is 0 Å². The van der Waals surface area contributed by atoms with E-state index in [9.17, 15) is 9.59 Å². The maximum atomic E-state index is 12.1. The van der Waals surface area contributed by atoms with Gasteiger partial charge in [0.15, 0.2) is 0 Å². The molecule has 24 heavy (non-hydrogen) atoms. The van der Waals surface area contributed by atoms with Gasteiger partial charge < -0.3 is 5.32 Å². The predicted octanol–water partition coefficient (Wildman–Crippen LogP) is 0.312. The lowest BCUT2D eigenvalue weighted by Crippen LogP contribution is -2.43. The first-order valence-electron chi connectivity index (χ1n) is 8.47. The molecule has 0 unspecified atom stereocenters. The van der Waals surface area contributed by atoms with Crippen molar-refractivity contribution in [1.29, 1.82) is 0 Å². The summed E-state index contributed by atoms with van der Waals surface area (Å²) in [7, 11) is 0. The molecule has 0 radical (unpaired) electrons. The second kappa shape index (κ2) is 7.57. The number of nitrogens with one attached hydrogen (secondary N) is 3. The molecule has 3 N–H and O–H groups in total. The summed E-state index contributed by atoms with van der Waals surface area (Å²) in [5.41, 5.74) is 4.90. The van der Waals surface area contributed by atoms with Gasteiger partial charge in [-0.3, -0.25) is 19.6 Å². The number of carbonyl (C=O) groups is 2. The Hall–Kier alpha value is -2.22. The number of H-pyrrole nitrogens is 1. The minimum atomic E-state index is -0.171. The van der Waals surface area contributed by atoms with Crippen molar-refractivity contribution in [3.8, 4) is 0 Å². The van der Waals surface area contributed by atoms with Gasteiger partial charge in [-0.25, -0.2) is 5.43 Å². The summed E-state index contributed by atoms with van der Waals surface area (Å²) in [4.78, 5) is 25.5. The van der Waals surface area contributed by atoms with Crippen LogP contribution in [-0.4, -0.2) is 52.3 Å². The van der Waals surface area contributed by atoms with Gasteiger partial charge in [0.25, 0.3) is 5.91 Å². The van der Waals surface area contributed by atoms with E-state index < -0.39 is 0 Å². The molecule has 1 aromatic rings. The summed E-state index contributed by atoms with van der Waals surface area (Å²) < 4.78 is 0. The smallest absolute Gasteiger partial charge is 0.267 e. The van der Waals surface area contributed by atoms with Crippen LogP contribution in [-0.2, 0) is 16.1 Å². The number of piperidine rings is 1. The molecule has 1 saturated heterocycles. The number of aromatic amines is 1. The molecule has 2 aliphatic heterocycles. The van der Waals surface area contributed by atoms with Gasteiger partial charge in [0.1, 0.15) is 5.71 Å². The Bertz CT molecular complexity index is 638. The first-order valence-corrected chi connectivity index (χ1v) is 8.47. The summed E-state index contributed by atoms with van der Waals surface area (Å²) in [6.45, 7) is 5.50. The molecule has 0 saturated carbocycles. The minimum Gasteiger partial charge on any atom is -0.351 e. The number of rotatable bonds is 5. The van der Waals surface area contributed by atoms with Crippen LogP contribution in [0.5, 0.6) is 0 Å². The van der Waals surface area contributed by atoms with Gasteiger partial charge in [0, 0.05) is 38.2 Å². The molecule has 130 valence electrons. The molecule has 0 aromatic carbocycles. The fourth-order valence-electron chi connectivity index (χ4n) is 3.22. The molecular weight excluding hydrogens is 308 g/mol. The monoisotopic (exact) mass is 332 g/mol. The molecule has 2 amide bonds. The third kappa shape index (κ3) is 4.41. The van der Waals surface area contributed by atoms with E-state index in [1.807, 2.05) is 6.92 Å². The highest BCUT2D eigenvalue weighted by molar-refractivity contribution is 6.39. The summed E-state index contributed by atoms with van der Waals surface area (Å²) >= 11 is 0. The topological polar surface area (TPSA) is 102 Å². The number of carbonyl (C=O) groups excluding carboxylic acids is 2. The van der Waals surface area contributed by atoms with E-state index >= 15 is 0 Å². The van der Waals surface area contributed by atoms with E-state index in [0.717, 1.165) is 43.9 Å². The average Bonchev–Trinajstić information content (AvgIpc) is 2.98. The van der Waals surface area contributed by atoms with Crippen molar-refractivity contribution in [1.82, 2.24) is 25.8 Å². The SMILES string of the molecule is Cc1cc(CN2CCC[C@@H](CNC(=O)C3=NNC(=O)CC3)C2)n[nH]1. The summed E-state index contributed by atoms with van der Waals surface area (Å²) in [6.07, 6.45) is 2.97. The maximum Gasteiger partial charge on any atom is 0.267 e. The second-order valence-corrected chi connectivity index (χ2v) is 6.59. The summed E-state index contributed by atoms with van der Waals surface area (Å²) in [5, 5.41) is 14.0. The van der Waals surface area contributed by atoms with Crippen LogP contribution in [0.4, 0.5) is 0 Å². The van der Waals surface area contributed by atoms with Gasteiger partial charge in [0.05, 0.1) is 5.69 Å². The minimum absolute atomic E-state index is 0.136. The number of amides is 2. The number of hydrogen-bond donors (Lipinski definition) is 3. The van der Waals surface area contributed by atoms with Gasteiger partial charge >= 0.3 is 0 Å². The first kappa shape index (κ1) is 16.6. The molecule has 0 aliphatic carbocycles. The van der Waals surface area contributed by atoms with Crippen molar-refractivity contribution < 1.29 is 9.59 Å². The number of nitrogens with zero attached hydrogens (tertiary/aromatic N) is 3. The van der Waals surface area contributed by atoms with E-state index in [1.54, 1.807) is 0 Å². The lowest BCUT2D eigenvalue weighted by Gasteiger charge is -2.32. The van der Waals surface area contributed by atoms with Crippen molar-refractivity contribution in [3.63, 3.8) is 0 Å². The molecule has 0 spiro atoms. The third-order valence-corrected chi connectivity index (χ3v) is 4.47. The van der Waals surface area contributed by atoms with Crippen molar-refractivity contribution in [2.45, 2.75) is 39.2 Å². The van der Waals surface area contributed by atoms with E-state index in [0.29, 0.717) is 31.0 Å². The fourth-order valence-corrected chi connectivity index (χ4v) is 3.22. The standard InChI is InChI=1S/C16H24N6O2/c1-11-7-13(19-18-11)10-22-6-2-3-12(9-22)8-17-16(24)14-4-5-15(23)21-20-14/h7,12H,2-6,8-10H2,1H3,(H,17,24)(H,18,19)(H,21,23)/t12-/m0/s1. The Balaban J connectivity index is 1.45. The summed E-state index contributed by atoms with van der Waals surface area (Å²) in [5.74, 6) is 0.125. The van der Waals surface area contributed by atoms with Crippen LogP contribution in [0.1, 0.15) is 37.1 Å². The maximum absolute atomic E-state index is 12.1. The highest BCUT2D eigenvalue weighted by Gasteiger charge is 2.23. The predicted molar refractivity (Wildman–Crippen MR) is 89.1 cm³/mol. The van der Waals surface area contributed by atoms with E-state index in [4.69, 9.17) is 0 Å². The van der Waals surface area contributed by atoms with Gasteiger partial charge in [-0.15, -0.1) is 0 Å². The zero-order chi connectivity index (χ0) is 16.9. The van der Waals surface area contributed by atoms with Crippen LogP contribution in [0.3, 0.4) is 0 Å². The number of aromatic nitrogens is 2. The molecule has 8 nitrogen and oxygen atoms in total. The molecule has 0 bridgehead atoms. The number of hydrazone groups is 1. The van der Waals surface area contributed by atoms with Crippen LogP contribution in [0.2, 0.25) is 0 Å². The molecule has 1 fully saturated rings. The fraction of sp³-hybridized carbons (Fsp3) is 0.625. The second-order valence-electron chi connectivity index (χ2n) is 6.59. The Morgan fingerprint density at radius 1 is 1.46 bits per heavy atom. The van der Waals surface area contributed by atoms with E-state index in [2.05, 4.69) is 37.0 Å². The Kier molecular flexibility index (Phi) is 5.24. The van der Waals surface area contributed by atoms with Gasteiger partial charge in [0.2, 0.25) is 5.91 Å². The normalized spacial score (nSPS) is 22.0. The average molecular weight is 332 g/mol. The Labute approximate surface area is 141 Å². The molecule has 3 rings (SSSR count). The number of likely N-dealkylation sites (tertiary alicyclic amines) is 1. The number of aryl methyl sites for hydroxylation is 1. The van der Waals surface area contributed by atoms with Crippen LogP contribution in [0, 0.1) is 12.8 Å². The van der Waals surface area contributed by atoms with E-state index in [1.165, 1.54) is 0 Å². The van der Waals surface area contributed by atoms with Crippen LogP contribution < -0.4 is 10.7 Å². The highest BCUT2D eigenvalue weighted by atomic mass is 16.2. The molecule has 1 aromatic heterocycles. The lowest BCUT2D eigenvalue weighted by atomic mass is 9.97. The van der Waals surface area contributed by atoms with Crippen LogP contribution in [0.15, 0.2) is 11.2 Å². The van der Waals surface area contributed by atoms with E-state index in [-0.39, 0.29) is 11.8 Å². The van der Waals surface area contributed by atoms with Crippen molar-refractivity contribution >= 4 is 17.5 Å². The van der Waals surface area contributed by atoms with Crippen LogP contribution in [0.25, 0.3) is 0 Å². The van der Waals surface area contributed by atoms with Crippen LogP contribution >= 0.6 is 0 Å². The molecule has 1 atom stereocenters. The quantitative estimate of drug-likeness (QED) is 0.722. The largest absolute Gasteiger partial charge is 0.351 e. The zero-order valence-electron chi connectivity index (χ0n) is 14.0. The highest BCUT2D eigenvalue weighted by Crippen LogP contribution is 2.17. The number of hydrogen-bond acceptors (Lipinski definition) is 5. The van der Waals surface area contributed by atoms with Gasteiger partial charge in [-0.2, -0.15) is 10.2 Å². The Morgan fingerprint density at radius 3 is 3.04 bits per heavy atom. The van der Waals surface area contributed by atoms with Gasteiger partial charge in [-0.05, 0) is 38.3 Å². The Morgan fingerprint density at radius 2 is 2.33 bits per heavy atom. The third-order valence-electron chi connectivity index (χ3n) is 4.47. The van der Waals surface area contributed by atoms with Crippen molar-refractivity contribution in [2.24, 2.45) is 11.0 Å². The molecular formula is C16H24N6O2. The lowest BCUT2D eigenvalue weighted by molar-refractivity contribution is -0.121. The molecule has 2 aliphatic rings. The van der Waals surface area contributed by atoms with Crippen molar-refractivity contribution in [2.75, 3.05) is 19.6 Å².